The molecule has 0 aliphatic carbocycles. The zero-order chi connectivity index (χ0) is 21.1. The number of aliphatic hydroxyl groups is 1. The molecule has 1 saturated heterocycles. The maximum Gasteiger partial charge on any atom is 0.295 e. The molecule has 1 aromatic carbocycles. The quantitative estimate of drug-likeness (QED) is 0.439. The number of carbonyl (C=O) groups excluding carboxylic acids is 2. The Morgan fingerprint density at radius 1 is 1.24 bits per heavy atom. The number of ketones is 1. The molecule has 0 bridgehead atoms. The average molecular weight is 398 g/mol. The standard InChI is InChI=1S/C22H26N2O5/c1-5-28-16-8-6-7-15(13-16)20(25)18-19(17-10-9-14(2)29-17)24(12-11-23(3)4)22(27)21(18)26/h6-10,13,19,25H,5,11-12H2,1-4H3. The third kappa shape index (κ3) is 4.19. The van der Waals surface area contributed by atoms with Gasteiger partial charge in [-0.2, -0.15) is 0 Å². The van der Waals surface area contributed by atoms with Crippen LogP contribution in [-0.2, 0) is 9.59 Å². The van der Waals surface area contributed by atoms with Crippen molar-refractivity contribution in [2.45, 2.75) is 19.9 Å². The van der Waals surface area contributed by atoms with Gasteiger partial charge in [0.05, 0.1) is 12.2 Å². The first-order chi connectivity index (χ1) is 13.8. The smallest absolute Gasteiger partial charge is 0.295 e. The molecule has 7 nitrogen and oxygen atoms in total. The lowest BCUT2D eigenvalue weighted by atomic mass is 9.99. The van der Waals surface area contributed by atoms with E-state index in [1.165, 1.54) is 4.90 Å². The maximum atomic E-state index is 12.9. The van der Waals surface area contributed by atoms with Crippen molar-refractivity contribution >= 4 is 17.4 Å². The number of carbonyl (C=O) groups is 2. The van der Waals surface area contributed by atoms with E-state index in [-0.39, 0.29) is 11.3 Å². The van der Waals surface area contributed by atoms with Gasteiger partial charge in [-0.05, 0) is 52.2 Å². The second-order valence-electron chi connectivity index (χ2n) is 7.21. The summed E-state index contributed by atoms with van der Waals surface area (Å²) in [7, 11) is 3.78. The van der Waals surface area contributed by atoms with Crippen LogP contribution < -0.4 is 4.74 Å². The lowest BCUT2D eigenvalue weighted by molar-refractivity contribution is -0.140. The van der Waals surface area contributed by atoms with Crippen molar-refractivity contribution in [3.8, 4) is 5.75 Å². The van der Waals surface area contributed by atoms with Gasteiger partial charge in [0.25, 0.3) is 11.7 Å². The predicted octanol–water partition coefficient (Wildman–Crippen LogP) is 2.97. The minimum absolute atomic E-state index is 0.0248. The Morgan fingerprint density at radius 3 is 2.62 bits per heavy atom. The molecule has 1 N–H and O–H groups in total. The van der Waals surface area contributed by atoms with Crippen LogP contribution in [0.5, 0.6) is 5.75 Å². The second kappa shape index (κ2) is 8.53. The van der Waals surface area contributed by atoms with Gasteiger partial charge in [0.1, 0.15) is 29.1 Å². The Hall–Kier alpha value is -3.06. The van der Waals surface area contributed by atoms with E-state index in [2.05, 4.69) is 0 Å². The molecule has 1 unspecified atom stereocenters. The third-order valence-corrected chi connectivity index (χ3v) is 4.78. The van der Waals surface area contributed by atoms with Crippen molar-refractivity contribution in [2.75, 3.05) is 33.8 Å². The Morgan fingerprint density at radius 2 is 2.00 bits per heavy atom. The number of furan rings is 1. The summed E-state index contributed by atoms with van der Waals surface area (Å²) < 4.78 is 11.2. The summed E-state index contributed by atoms with van der Waals surface area (Å²) >= 11 is 0. The van der Waals surface area contributed by atoms with Crippen LogP contribution >= 0.6 is 0 Å². The number of hydrogen-bond acceptors (Lipinski definition) is 6. The summed E-state index contributed by atoms with van der Waals surface area (Å²) in [5.74, 6) is 0.0788. The molecule has 3 rings (SSSR count). The number of amides is 1. The number of aliphatic hydroxyl groups excluding tert-OH is 1. The maximum absolute atomic E-state index is 12.9. The van der Waals surface area contributed by atoms with E-state index in [1.54, 1.807) is 43.3 Å². The number of likely N-dealkylation sites (tertiary alicyclic amines) is 1. The number of benzene rings is 1. The fraction of sp³-hybridized carbons (Fsp3) is 0.364. The van der Waals surface area contributed by atoms with Crippen molar-refractivity contribution in [3.05, 3.63) is 59.1 Å². The molecule has 1 amide bonds. The fourth-order valence-electron chi connectivity index (χ4n) is 3.37. The van der Waals surface area contributed by atoms with E-state index in [0.717, 1.165) is 0 Å². The third-order valence-electron chi connectivity index (χ3n) is 4.78. The molecule has 7 heteroatoms. The van der Waals surface area contributed by atoms with Crippen LogP contribution in [0.1, 0.15) is 30.0 Å². The SMILES string of the molecule is CCOc1cccc(C(O)=C2C(=O)C(=O)N(CCN(C)C)C2c2ccc(C)o2)c1. The van der Waals surface area contributed by atoms with Gasteiger partial charge in [-0.25, -0.2) is 0 Å². The topological polar surface area (TPSA) is 83.2 Å². The number of hydrogen-bond donors (Lipinski definition) is 1. The van der Waals surface area contributed by atoms with E-state index in [9.17, 15) is 14.7 Å². The van der Waals surface area contributed by atoms with Crippen molar-refractivity contribution in [1.82, 2.24) is 9.80 Å². The molecule has 0 spiro atoms. The first-order valence-corrected chi connectivity index (χ1v) is 9.56. The van der Waals surface area contributed by atoms with E-state index < -0.39 is 17.7 Å². The van der Waals surface area contributed by atoms with Crippen LogP contribution in [-0.4, -0.2) is 60.4 Å². The normalized spacial score (nSPS) is 18.7. The van der Waals surface area contributed by atoms with Crippen molar-refractivity contribution in [2.24, 2.45) is 0 Å². The molecule has 1 aromatic heterocycles. The Kier molecular flexibility index (Phi) is 6.08. The van der Waals surface area contributed by atoms with E-state index in [1.807, 2.05) is 25.9 Å². The monoisotopic (exact) mass is 398 g/mol. The van der Waals surface area contributed by atoms with E-state index >= 15 is 0 Å². The summed E-state index contributed by atoms with van der Waals surface area (Å²) in [6, 6.07) is 9.55. The highest BCUT2D eigenvalue weighted by Crippen LogP contribution is 2.40. The molecular weight excluding hydrogens is 372 g/mol. The lowest BCUT2D eigenvalue weighted by Crippen LogP contribution is -2.35. The zero-order valence-electron chi connectivity index (χ0n) is 17.1. The van der Waals surface area contributed by atoms with Crippen LogP contribution in [0.25, 0.3) is 5.76 Å². The van der Waals surface area contributed by atoms with Crippen LogP contribution in [0.4, 0.5) is 0 Å². The average Bonchev–Trinajstić information content (AvgIpc) is 3.21. The number of likely N-dealkylation sites (N-methyl/N-ethyl adjacent to an activating group) is 1. The lowest BCUT2D eigenvalue weighted by Gasteiger charge is -2.24. The molecule has 29 heavy (non-hydrogen) atoms. The Balaban J connectivity index is 2.10. The second-order valence-corrected chi connectivity index (χ2v) is 7.21. The van der Waals surface area contributed by atoms with Gasteiger partial charge >= 0.3 is 0 Å². The van der Waals surface area contributed by atoms with Gasteiger partial charge in [-0.1, -0.05) is 12.1 Å². The fourth-order valence-corrected chi connectivity index (χ4v) is 3.37. The molecule has 1 aliphatic heterocycles. The van der Waals surface area contributed by atoms with Crippen LogP contribution in [0.3, 0.4) is 0 Å². The minimum Gasteiger partial charge on any atom is -0.507 e. The van der Waals surface area contributed by atoms with Crippen LogP contribution in [0.2, 0.25) is 0 Å². The van der Waals surface area contributed by atoms with E-state index in [0.29, 0.717) is 42.5 Å². The minimum atomic E-state index is -0.778. The molecule has 1 aliphatic rings. The largest absolute Gasteiger partial charge is 0.507 e. The number of nitrogens with zero attached hydrogens (tertiary/aromatic N) is 2. The molecule has 2 aromatic rings. The Bertz CT molecular complexity index is 944. The summed E-state index contributed by atoms with van der Waals surface area (Å²) in [6.45, 7) is 5.04. The molecule has 0 saturated carbocycles. The molecular formula is C22H26N2O5. The summed E-state index contributed by atoms with van der Waals surface area (Å²) in [6.07, 6.45) is 0. The first kappa shape index (κ1) is 20.7. The van der Waals surface area contributed by atoms with Gasteiger partial charge in [0.15, 0.2) is 0 Å². The molecule has 2 heterocycles. The summed E-state index contributed by atoms with van der Waals surface area (Å²) in [5, 5.41) is 11.0. The van der Waals surface area contributed by atoms with Crippen LogP contribution in [0.15, 0.2) is 46.4 Å². The Labute approximate surface area is 170 Å². The van der Waals surface area contributed by atoms with Gasteiger partial charge in [0, 0.05) is 18.7 Å². The van der Waals surface area contributed by atoms with Gasteiger partial charge in [-0.3, -0.25) is 9.59 Å². The summed E-state index contributed by atoms with van der Waals surface area (Å²) in [4.78, 5) is 29.0. The predicted molar refractivity (Wildman–Crippen MR) is 109 cm³/mol. The number of ether oxygens (including phenoxy) is 1. The highest BCUT2D eigenvalue weighted by molar-refractivity contribution is 6.46. The van der Waals surface area contributed by atoms with Gasteiger partial charge in [0.2, 0.25) is 0 Å². The zero-order valence-corrected chi connectivity index (χ0v) is 17.1. The molecule has 1 fully saturated rings. The van der Waals surface area contributed by atoms with Crippen molar-refractivity contribution in [1.29, 1.82) is 0 Å². The summed E-state index contributed by atoms with van der Waals surface area (Å²) in [5.41, 5.74) is 0.437. The first-order valence-electron chi connectivity index (χ1n) is 9.56. The number of rotatable bonds is 7. The molecule has 154 valence electrons. The number of Topliss-reactive ketones (excluding diaryl/α,β-unsaturated/α-hetero) is 1. The van der Waals surface area contributed by atoms with E-state index in [4.69, 9.17) is 9.15 Å². The van der Waals surface area contributed by atoms with Gasteiger partial charge in [-0.15, -0.1) is 0 Å². The van der Waals surface area contributed by atoms with Gasteiger partial charge < -0.3 is 24.1 Å². The van der Waals surface area contributed by atoms with Crippen LogP contribution in [0, 0.1) is 6.92 Å². The molecule has 0 radical (unpaired) electrons. The van der Waals surface area contributed by atoms with Crippen molar-refractivity contribution in [3.63, 3.8) is 0 Å². The highest BCUT2D eigenvalue weighted by Gasteiger charge is 2.47. The van der Waals surface area contributed by atoms with Crippen molar-refractivity contribution < 1.29 is 23.8 Å². The number of aryl methyl sites for hydroxylation is 1. The molecule has 1 atom stereocenters. The highest BCUT2D eigenvalue weighted by atomic mass is 16.5.